The summed E-state index contributed by atoms with van der Waals surface area (Å²) < 4.78 is 11.6. The van der Waals surface area contributed by atoms with Crippen LogP contribution in [0.3, 0.4) is 0 Å². The monoisotopic (exact) mass is 455 g/mol. The SMILES string of the molecule is CC(C)C[C@H](N)C(=O)Oc1ccc(C(=O)O[C@]2(C)CC[C@@]34C[C@@H]2C(C)(C)[C@@H]3CC[C@H]4C)cc1. The molecule has 6 atom stereocenters. The van der Waals surface area contributed by atoms with Gasteiger partial charge in [-0.1, -0.05) is 34.6 Å². The Morgan fingerprint density at radius 3 is 2.36 bits per heavy atom. The van der Waals surface area contributed by atoms with Gasteiger partial charge in [0.15, 0.2) is 0 Å². The van der Waals surface area contributed by atoms with Crippen LogP contribution in [-0.2, 0) is 9.53 Å². The number of carbonyl (C=O) groups is 2. The average Bonchev–Trinajstić information content (AvgIpc) is 3.16. The molecule has 0 aromatic heterocycles. The molecule has 0 heterocycles. The molecule has 3 saturated carbocycles. The molecule has 1 spiro atoms. The zero-order chi connectivity index (χ0) is 24.2. The van der Waals surface area contributed by atoms with Gasteiger partial charge in [0.05, 0.1) is 5.56 Å². The average molecular weight is 456 g/mol. The number of nitrogens with two attached hydrogens (primary N) is 1. The van der Waals surface area contributed by atoms with Crippen molar-refractivity contribution in [3.05, 3.63) is 29.8 Å². The van der Waals surface area contributed by atoms with Crippen LogP contribution < -0.4 is 10.5 Å². The molecule has 4 rings (SSSR count). The molecule has 0 aliphatic heterocycles. The maximum atomic E-state index is 13.1. The van der Waals surface area contributed by atoms with Gasteiger partial charge >= 0.3 is 11.9 Å². The fourth-order valence-electron chi connectivity index (χ4n) is 7.71. The summed E-state index contributed by atoms with van der Waals surface area (Å²) in [4.78, 5) is 25.3. The second-order valence-corrected chi connectivity index (χ2v) is 12.2. The van der Waals surface area contributed by atoms with Gasteiger partial charge in [-0.15, -0.1) is 0 Å². The van der Waals surface area contributed by atoms with E-state index in [0.29, 0.717) is 35.0 Å². The molecule has 182 valence electrons. The van der Waals surface area contributed by atoms with Crippen molar-refractivity contribution in [3.8, 4) is 5.75 Å². The summed E-state index contributed by atoms with van der Waals surface area (Å²) in [6.45, 7) is 13.4. The van der Waals surface area contributed by atoms with Gasteiger partial charge in [0, 0.05) is 5.92 Å². The highest BCUT2D eigenvalue weighted by Gasteiger charge is 2.68. The van der Waals surface area contributed by atoms with E-state index in [-0.39, 0.29) is 11.4 Å². The van der Waals surface area contributed by atoms with Gasteiger partial charge in [0.2, 0.25) is 0 Å². The van der Waals surface area contributed by atoms with Crippen molar-refractivity contribution in [2.75, 3.05) is 0 Å². The Hall–Kier alpha value is -1.88. The van der Waals surface area contributed by atoms with E-state index in [2.05, 4.69) is 27.7 Å². The standard InChI is InChI=1S/C28H41NO4/c1-17(2)15-21(29)25(31)32-20-10-8-19(9-11-20)24(30)33-27(6)13-14-28-16-23(27)26(4,5)22(28)12-7-18(28)3/h8-11,17-18,21-23H,7,12-16,29H2,1-6H3/t18-,21+,22+,23-,27-,28+/m1/s1. The van der Waals surface area contributed by atoms with Crippen LogP contribution in [0, 0.1) is 34.5 Å². The number of rotatable bonds is 6. The Balaban J connectivity index is 1.43. The Kier molecular flexibility index (Phi) is 6.18. The Morgan fingerprint density at radius 2 is 1.73 bits per heavy atom. The zero-order valence-electron chi connectivity index (χ0n) is 21.1. The van der Waals surface area contributed by atoms with E-state index in [1.54, 1.807) is 24.3 Å². The molecule has 1 aromatic rings. The quantitative estimate of drug-likeness (QED) is 0.436. The molecule has 3 aliphatic rings. The van der Waals surface area contributed by atoms with Gasteiger partial charge in [-0.3, -0.25) is 0 Å². The Labute approximate surface area is 198 Å². The largest absolute Gasteiger partial charge is 0.455 e. The van der Waals surface area contributed by atoms with Crippen molar-refractivity contribution in [1.29, 1.82) is 0 Å². The predicted molar refractivity (Wildman–Crippen MR) is 129 cm³/mol. The summed E-state index contributed by atoms with van der Waals surface area (Å²) in [5, 5.41) is 0. The van der Waals surface area contributed by atoms with E-state index in [4.69, 9.17) is 15.2 Å². The molecule has 3 fully saturated rings. The third-order valence-electron chi connectivity index (χ3n) is 9.43. The highest BCUT2D eigenvalue weighted by Crippen LogP contribution is 2.73. The van der Waals surface area contributed by atoms with Crippen LogP contribution in [0.25, 0.3) is 0 Å². The molecule has 1 aromatic carbocycles. The lowest BCUT2D eigenvalue weighted by atomic mass is 9.64. The second-order valence-electron chi connectivity index (χ2n) is 12.2. The van der Waals surface area contributed by atoms with Gasteiger partial charge in [-0.2, -0.15) is 0 Å². The van der Waals surface area contributed by atoms with E-state index in [1.807, 2.05) is 13.8 Å². The van der Waals surface area contributed by atoms with Gasteiger partial charge in [0.1, 0.15) is 17.4 Å². The number of hydrogen-bond donors (Lipinski definition) is 1. The summed E-state index contributed by atoms with van der Waals surface area (Å²) >= 11 is 0. The number of fused-ring (bicyclic) bond motifs is 1. The maximum absolute atomic E-state index is 13.1. The lowest BCUT2D eigenvalue weighted by Crippen LogP contribution is -2.47. The van der Waals surface area contributed by atoms with E-state index in [1.165, 1.54) is 19.3 Å². The third kappa shape index (κ3) is 4.11. The zero-order valence-corrected chi connectivity index (χ0v) is 21.1. The molecule has 33 heavy (non-hydrogen) atoms. The molecule has 3 aliphatic carbocycles. The Morgan fingerprint density at radius 1 is 1.06 bits per heavy atom. The topological polar surface area (TPSA) is 78.6 Å². The normalized spacial score (nSPS) is 35.2. The van der Waals surface area contributed by atoms with Crippen molar-refractivity contribution in [2.24, 2.45) is 40.2 Å². The van der Waals surface area contributed by atoms with Gasteiger partial charge < -0.3 is 15.2 Å². The number of carbonyl (C=O) groups excluding carboxylic acids is 2. The van der Waals surface area contributed by atoms with E-state index >= 15 is 0 Å². The van der Waals surface area contributed by atoms with Crippen molar-refractivity contribution in [1.82, 2.24) is 0 Å². The summed E-state index contributed by atoms with van der Waals surface area (Å²) in [6, 6.07) is 5.97. The molecule has 5 heteroatoms. The number of benzene rings is 1. The summed E-state index contributed by atoms with van der Waals surface area (Å²) in [7, 11) is 0. The van der Waals surface area contributed by atoms with E-state index < -0.39 is 17.6 Å². The van der Waals surface area contributed by atoms with Crippen molar-refractivity contribution < 1.29 is 19.1 Å². The lowest BCUT2D eigenvalue weighted by molar-refractivity contribution is -0.136. The first kappa shape index (κ1) is 24.3. The van der Waals surface area contributed by atoms with Crippen LogP contribution in [0.15, 0.2) is 24.3 Å². The summed E-state index contributed by atoms with van der Waals surface area (Å²) in [6.07, 6.45) is 6.44. The third-order valence-corrected chi connectivity index (χ3v) is 9.43. The van der Waals surface area contributed by atoms with Crippen molar-refractivity contribution >= 4 is 11.9 Å². The maximum Gasteiger partial charge on any atom is 0.338 e. The van der Waals surface area contributed by atoms with Crippen LogP contribution >= 0.6 is 0 Å². The molecule has 2 N–H and O–H groups in total. The van der Waals surface area contributed by atoms with Gasteiger partial charge in [0.25, 0.3) is 0 Å². The first-order valence-electron chi connectivity index (χ1n) is 12.7. The molecular weight excluding hydrogens is 414 g/mol. The molecule has 0 radical (unpaired) electrons. The summed E-state index contributed by atoms with van der Waals surface area (Å²) in [5.41, 5.74) is 6.53. The minimum atomic E-state index is -0.652. The van der Waals surface area contributed by atoms with Gasteiger partial charge in [-0.05, 0) is 98.3 Å². The highest BCUT2D eigenvalue weighted by atomic mass is 16.6. The lowest BCUT2D eigenvalue weighted by Gasteiger charge is -2.46. The van der Waals surface area contributed by atoms with Crippen LogP contribution in [0.4, 0.5) is 0 Å². The minimum Gasteiger partial charge on any atom is -0.455 e. The number of esters is 2. The van der Waals surface area contributed by atoms with Gasteiger partial charge in [-0.25, -0.2) is 9.59 Å². The van der Waals surface area contributed by atoms with Crippen molar-refractivity contribution in [2.45, 2.75) is 91.7 Å². The second kappa shape index (κ2) is 8.41. The molecule has 0 unspecified atom stereocenters. The van der Waals surface area contributed by atoms with Crippen molar-refractivity contribution in [3.63, 3.8) is 0 Å². The van der Waals surface area contributed by atoms with Crippen LogP contribution in [0.1, 0.15) is 90.4 Å². The van der Waals surface area contributed by atoms with Crippen LogP contribution in [0.2, 0.25) is 0 Å². The van der Waals surface area contributed by atoms with Crippen LogP contribution in [-0.4, -0.2) is 23.6 Å². The predicted octanol–water partition coefficient (Wildman–Crippen LogP) is 5.75. The smallest absolute Gasteiger partial charge is 0.338 e. The summed E-state index contributed by atoms with van der Waals surface area (Å²) in [5.74, 6) is 1.80. The molecular formula is C28H41NO4. The van der Waals surface area contributed by atoms with E-state index in [9.17, 15) is 9.59 Å². The molecule has 5 nitrogen and oxygen atoms in total. The number of ether oxygens (including phenoxy) is 2. The Bertz CT molecular complexity index is 907. The fraction of sp³-hybridized carbons (Fsp3) is 0.714. The first-order valence-corrected chi connectivity index (χ1v) is 12.7. The number of hydrogen-bond acceptors (Lipinski definition) is 5. The minimum absolute atomic E-state index is 0.170. The molecule has 0 saturated heterocycles. The first-order chi connectivity index (χ1) is 15.4. The van der Waals surface area contributed by atoms with E-state index in [0.717, 1.165) is 24.7 Å². The highest BCUT2D eigenvalue weighted by molar-refractivity contribution is 5.90. The molecule has 2 bridgehead atoms. The fourth-order valence-corrected chi connectivity index (χ4v) is 7.71. The molecule has 0 amide bonds. The van der Waals surface area contributed by atoms with Crippen LogP contribution in [0.5, 0.6) is 5.75 Å².